The Morgan fingerprint density at radius 3 is 2.53 bits per heavy atom. The van der Waals surface area contributed by atoms with Crippen LogP contribution in [0, 0.1) is 5.82 Å². The maximum Gasteiger partial charge on any atom is 0.274 e. The number of fused-ring (bicyclic) bond motifs is 2. The number of likely N-dealkylation sites (N-methyl/N-ethyl adjacent to an activating group) is 1. The molecule has 4 aliphatic rings. The van der Waals surface area contributed by atoms with Gasteiger partial charge in [-0.1, -0.05) is 0 Å². The highest BCUT2D eigenvalue weighted by molar-refractivity contribution is 6.11. The Balaban J connectivity index is 1.19. The SMILES string of the molecule is CN1CCN(c2ccc(Nc3cc(-c4cc(F)cc(N5C=C6C(=O)C7=C(CCCC7)N6CC5)c4CO)cn(C)c3=O)nc2)CC1. The lowest BCUT2D eigenvalue weighted by atomic mass is 9.96. The molecule has 234 valence electrons. The van der Waals surface area contributed by atoms with Gasteiger partial charge >= 0.3 is 0 Å². The average molecular weight is 612 g/mol. The Labute approximate surface area is 261 Å². The maximum absolute atomic E-state index is 15.3. The highest BCUT2D eigenvalue weighted by Gasteiger charge is 2.38. The first-order chi connectivity index (χ1) is 21.8. The number of piperazine rings is 1. The summed E-state index contributed by atoms with van der Waals surface area (Å²) in [6.07, 6.45) is 9.05. The zero-order chi connectivity index (χ0) is 31.2. The van der Waals surface area contributed by atoms with Gasteiger partial charge in [0.15, 0.2) is 0 Å². The molecule has 3 aliphatic heterocycles. The molecule has 1 saturated heterocycles. The van der Waals surface area contributed by atoms with Crippen molar-refractivity contribution < 1.29 is 14.3 Å². The van der Waals surface area contributed by atoms with Crippen molar-refractivity contribution in [2.45, 2.75) is 32.3 Å². The molecule has 1 fully saturated rings. The number of aromatic nitrogens is 2. The second-order valence-electron chi connectivity index (χ2n) is 12.3. The summed E-state index contributed by atoms with van der Waals surface area (Å²) in [5.41, 5.74) is 5.77. The van der Waals surface area contributed by atoms with E-state index in [0.29, 0.717) is 47.0 Å². The lowest BCUT2D eigenvalue weighted by Crippen LogP contribution is -2.44. The number of Topliss-reactive ketones (excluding diaryl/α,β-unsaturated/α-hetero) is 1. The number of benzene rings is 1. The standard InChI is InChI=1S/C34H38FN7O3/c1-38-9-11-40(12-10-38)24-7-8-32(36-18-24)37-28-15-22(19-39(2)34(28)45)26-16-23(35)17-30(27(26)21-43)41-13-14-42-29-6-4-3-5-25(29)33(44)31(42)20-41/h7-8,15-20,43H,3-6,9-14,21H2,1-2H3,(H,36,37). The van der Waals surface area contributed by atoms with Crippen molar-refractivity contribution in [1.29, 1.82) is 0 Å². The maximum atomic E-state index is 15.3. The van der Waals surface area contributed by atoms with Gasteiger partial charge in [-0.3, -0.25) is 9.59 Å². The number of nitrogens with one attached hydrogen (secondary N) is 1. The van der Waals surface area contributed by atoms with E-state index >= 15 is 4.39 Å². The van der Waals surface area contributed by atoms with Crippen LogP contribution in [0.5, 0.6) is 0 Å². The molecule has 0 unspecified atom stereocenters. The summed E-state index contributed by atoms with van der Waals surface area (Å²) in [5.74, 6) is 0.0970. The molecule has 0 atom stereocenters. The number of hydrogen-bond donors (Lipinski definition) is 2. The Bertz CT molecular complexity index is 1770. The highest BCUT2D eigenvalue weighted by Crippen LogP contribution is 2.41. The monoisotopic (exact) mass is 611 g/mol. The predicted molar refractivity (Wildman–Crippen MR) is 173 cm³/mol. The van der Waals surface area contributed by atoms with E-state index in [-0.39, 0.29) is 23.6 Å². The number of pyridine rings is 2. The van der Waals surface area contributed by atoms with Crippen LogP contribution < -0.4 is 20.7 Å². The van der Waals surface area contributed by atoms with Gasteiger partial charge in [-0.05, 0) is 68.6 Å². The van der Waals surface area contributed by atoms with Crippen molar-refractivity contribution in [1.82, 2.24) is 19.4 Å². The molecule has 2 N–H and O–H groups in total. The van der Waals surface area contributed by atoms with E-state index in [4.69, 9.17) is 0 Å². The number of hydrogen-bond acceptors (Lipinski definition) is 9. The largest absolute Gasteiger partial charge is 0.392 e. The lowest BCUT2D eigenvalue weighted by Gasteiger charge is -2.35. The number of anilines is 4. The van der Waals surface area contributed by atoms with E-state index in [0.717, 1.165) is 68.8 Å². The van der Waals surface area contributed by atoms with Gasteiger partial charge in [-0.25, -0.2) is 9.37 Å². The third-order valence-corrected chi connectivity index (χ3v) is 9.44. The number of ketones is 1. The Hall–Kier alpha value is -4.48. The van der Waals surface area contributed by atoms with Gasteiger partial charge in [-0.2, -0.15) is 0 Å². The van der Waals surface area contributed by atoms with Crippen LogP contribution in [-0.2, 0) is 18.4 Å². The lowest BCUT2D eigenvalue weighted by molar-refractivity contribution is -0.112. The molecule has 1 aliphatic carbocycles. The number of aliphatic hydroxyl groups excluding tert-OH is 1. The number of carbonyl (C=O) groups excluding carboxylic acids is 1. The molecule has 0 spiro atoms. The normalized spacial score (nSPS) is 18.7. The topological polar surface area (TPSA) is 97.2 Å². The summed E-state index contributed by atoms with van der Waals surface area (Å²) >= 11 is 0. The van der Waals surface area contributed by atoms with Gasteiger partial charge in [0.05, 0.1) is 18.5 Å². The molecule has 3 aromatic rings. The van der Waals surface area contributed by atoms with Gasteiger partial charge in [0.2, 0.25) is 5.78 Å². The summed E-state index contributed by atoms with van der Waals surface area (Å²) in [6, 6.07) is 8.30. The molecular formula is C34H38FN7O3. The van der Waals surface area contributed by atoms with Crippen molar-refractivity contribution in [3.63, 3.8) is 0 Å². The third-order valence-electron chi connectivity index (χ3n) is 9.44. The summed E-state index contributed by atoms with van der Waals surface area (Å²) in [4.78, 5) is 39.6. The molecule has 0 radical (unpaired) electrons. The van der Waals surface area contributed by atoms with Gasteiger partial charge < -0.3 is 34.6 Å². The van der Waals surface area contributed by atoms with Crippen LogP contribution in [0.2, 0.25) is 0 Å². The zero-order valence-electron chi connectivity index (χ0n) is 25.7. The number of carbonyl (C=O) groups is 1. The van der Waals surface area contributed by atoms with Gasteiger partial charge in [0.25, 0.3) is 5.56 Å². The Morgan fingerprint density at radius 1 is 0.978 bits per heavy atom. The van der Waals surface area contributed by atoms with Crippen LogP contribution in [0.25, 0.3) is 11.1 Å². The summed E-state index contributed by atoms with van der Waals surface area (Å²) in [5, 5.41) is 13.8. The molecule has 1 aromatic carbocycles. The minimum Gasteiger partial charge on any atom is -0.392 e. The van der Waals surface area contributed by atoms with Gasteiger partial charge in [0.1, 0.15) is 23.0 Å². The second-order valence-corrected chi connectivity index (χ2v) is 12.3. The van der Waals surface area contributed by atoms with Crippen LogP contribution >= 0.6 is 0 Å². The first-order valence-electron chi connectivity index (χ1n) is 15.6. The van der Waals surface area contributed by atoms with Crippen molar-refractivity contribution in [3.8, 4) is 11.1 Å². The van der Waals surface area contributed by atoms with Crippen LogP contribution in [0.3, 0.4) is 0 Å². The quantitative estimate of drug-likeness (QED) is 0.430. The summed E-state index contributed by atoms with van der Waals surface area (Å²) < 4.78 is 16.7. The number of aliphatic hydroxyl groups is 1. The van der Waals surface area contributed by atoms with Crippen LogP contribution in [-0.4, -0.2) is 76.6 Å². The van der Waals surface area contributed by atoms with E-state index in [1.807, 2.05) is 17.0 Å². The molecule has 10 nitrogen and oxygen atoms in total. The fraction of sp³-hybridized carbons (Fsp3) is 0.382. The summed E-state index contributed by atoms with van der Waals surface area (Å²) in [7, 11) is 3.76. The molecule has 0 amide bonds. The van der Waals surface area contributed by atoms with Crippen LogP contribution in [0.15, 0.2) is 70.7 Å². The fourth-order valence-corrected chi connectivity index (χ4v) is 6.95. The molecule has 2 aromatic heterocycles. The molecule has 5 heterocycles. The van der Waals surface area contributed by atoms with E-state index < -0.39 is 5.82 Å². The Morgan fingerprint density at radius 2 is 1.78 bits per heavy atom. The highest BCUT2D eigenvalue weighted by atomic mass is 19.1. The van der Waals surface area contributed by atoms with E-state index in [9.17, 15) is 14.7 Å². The van der Waals surface area contributed by atoms with Crippen LogP contribution in [0.4, 0.5) is 27.3 Å². The molecule has 11 heteroatoms. The number of nitrogens with zero attached hydrogens (tertiary/aromatic N) is 6. The van der Waals surface area contributed by atoms with Crippen molar-refractivity contribution in [3.05, 3.63) is 87.6 Å². The molecule has 0 bridgehead atoms. The van der Waals surface area contributed by atoms with E-state index in [1.165, 1.54) is 16.7 Å². The number of allylic oxidation sites excluding steroid dienone is 2. The number of halogens is 1. The first-order valence-corrected chi connectivity index (χ1v) is 15.6. The van der Waals surface area contributed by atoms with Gasteiger partial charge in [-0.15, -0.1) is 0 Å². The zero-order valence-corrected chi connectivity index (χ0v) is 25.7. The average Bonchev–Trinajstić information content (AvgIpc) is 3.34. The number of aryl methyl sites for hydroxylation is 1. The van der Waals surface area contributed by atoms with Crippen molar-refractivity contribution >= 4 is 28.7 Å². The predicted octanol–water partition coefficient (Wildman–Crippen LogP) is 3.95. The minimum atomic E-state index is -0.474. The number of rotatable bonds is 6. The van der Waals surface area contributed by atoms with E-state index in [1.54, 1.807) is 31.7 Å². The van der Waals surface area contributed by atoms with Crippen molar-refractivity contribution in [2.75, 3.05) is 61.4 Å². The Kier molecular flexibility index (Phi) is 7.66. The first kappa shape index (κ1) is 29.2. The van der Waals surface area contributed by atoms with Crippen molar-refractivity contribution in [2.24, 2.45) is 7.05 Å². The third kappa shape index (κ3) is 5.40. The fourth-order valence-electron chi connectivity index (χ4n) is 6.95. The van der Waals surface area contributed by atoms with Crippen LogP contribution in [0.1, 0.15) is 31.2 Å². The molecule has 45 heavy (non-hydrogen) atoms. The molecule has 0 saturated carbocycles. The second kappa shape index (κ2) is 11.8. The van der Waals surface area contributed by atoms with Gasteiger partial charge in [0, 0.05) is 86.8 Å². The minimum absolute atomic E-state index is 0.0514. The molecular weight excluding hydrogens is 573 g/mol. The molecule has 7 rings (SSSR count). The summed E-state index contributed by atoms with van der Waals surface area (Å²) in [6.45, 7) is 4.65. The smallest absolute Gasteiger partial charge is 0.274 e. The van der Waals surface area contributed by atoms with E-state index in [2.05, 4.69) is 32.0 Å².